The Morgan fingerprint density at radius 1 is 1.19 bits per heavy atom. The van der Waals surface area contributed by atoms with Crippen LogP contribution in [0.5, 0.6) is 0 Å². The first kappa shape index (κ1) is 20.2. The molecule has 27 heavy (non-hydrogen) atoms. The fraction of sp³-hybridized carbons (Fsp3) is 0.375. The number of anilines is 1. The van der Waals surface area contributed by atoms with Gasteiger partial charge in [0, 0.05) is 18.7 Å². The first-order valence-electron chi connectivity index (χ1n) is 7.88. The van der Waals surface area contributed by atoms with Gasteiger partial charge in [-0.05, 0) is 30.7 Å². The van der Waals surface area contributed by atoms with Gasteiger partial charge in [-0.15, -0.1) is 0 Å². The molecule has 0 saturated carbocycles. The van der Waals surface area contributed by atoms with E-state index >= 15 is 0 Å². The van der Waals surface area contributed by atoms with E-state index in [1.54, 1.807) is 0 Å². The molecule has 0 unspecified atom stereocenters. The number of hydrogen-bond donors (Lipinski definition) is 2. The van der Waals surface area contributed by atoms with E-state index in [-0.39, 0.29) is 37.5 Å². The van der Waals surface area contributed by atoms with Gasteiger partial charge in [0.25, 0.3) is 5.91 Å². The molecule has 1 saturated heterocycles. The average Bonchev–Trinajstić information content (AvgIpc) is 2.91. The van der Waals surface area contributed by atoms with Crippen molar-refractivity contribution < 1.29 is 37.1 Å². The summed E-state index contributed by atoms with van der Waals surface area (Å²) in [7, 11) is 0. The standard InChI is InChI=1S/C16H16F3N3O5/c17-16(18,19)10-3-5-11(6-4-10)21-12(23)9-27-14(25)2-1-7-22-13(24)8-20-15(22)26/h3-6H,1-2,7-9H2,(H,20,26)(H,21,23). The summed E-state index contributed by atoms with van der Waals surface area (Å²) >= 11 is 0. The first-order valence-corrected chi connectivity index (χ1v) is 7.88. The Hall–Kier alpha value is -3.11. The maximum atomic E-state index is 12.4. The van der Waals surface area contributed by atoms with Crippen LogP contribution in [0.3, 0.4) is 0 Å². The van der Waals surface area contributed by atoms with Gasteiger partial charge in [-0.1, -0.05) is 0 Å². The molecule has 2 N–H and O–H groups in total. The zero-order valence-electron chi connectivity index (χ0n) is 14.0. The number of urea groups is 1. The van der Waals surface area contributed by atoms with Crippen molar-refractivity contribution in [3.05, 3.63) is 29.8 Å². The lowest BCUT2D eigenvalue weighted by atomic mass is 10.2. The van der Waals surface area contributed by atoms with E-state index in [9.17, 15) is 32.3 Å². The number of ether oxygens (including phenoxy) is 1. The number of nitrogens with one attached hydrogen (secondary N) is 2. The molecule has 1 heterocycles. The zero-order chi connectivity index (χ0) is 20.0. The lowest BCUT2D eigenvalue weighted by Crippen LogP contribution is -2.32. The monoisotopic (exact) mass is 387 g/mol. The van der Waals surface area contributed by atoms with Crippen LogP contribution in [-0.4, -0.2) is 48.4 Å². The van der Waals surface area contributed by atoms with Crippen LogP contribution < -0.4 is 10.6 Å². The fourth-order valence-electron chi connectivity index (χ4n) is 2.22. The number of benzene rings is 1. The molecular formula is C16H16F3N3O5. The molecule has 2 rings (SSSR count). The Balaban J connectivity index is 1.68. The van der Waals surface area contributed by atoms with Gasteiger partial charge in [0.05, 0.1) is 12.1 Å². The lowest BCUT2D eigenvalue weighted by molar-refractivity contribution is -0.147. The number of nitrogens with zero attached hydrogens (tertiary/aromatic N) is 1. The van der Waals surface area contributed by atoms with Crippen LogP contribution in [-0.2, 0) is 25.3 Å². The molecule has 0 bridgehead atoms. The molecule has 0 aliphatic carbocycles. The molecule has 0 spiro atoms. The Morgan fingerprint density at radius 2 is 1.85 bits per heavy atom. The molecule has 0 radical (unpaired) electrons. The Morgan fingerprint density at radius 3 is 2.41 bits per heavy atom. The van der Waals surface area contributed by atoms with Crippen molar-refractivity contribution in [1.29, 1.82) is 0 Å². The van der Waals surface area contributed by atoms with Crippen LogP contribution in [0.4, 0.5) is 23.7 Å². The van der Waals surface area contributed by atoms with Crippen molar-refractivity contribution in [2.24, 2.45) is 0 Å². The normalized spacial score (nSPS) is 14.1. The van der Waals surface area contributed by atoms with Crippen LogP contribution in [0.15, 0.2) is 24.3 Å². The van der Waals surface area contributed by atoms with E-state index in [0.29, 0.717) is 0 Å². The third-order valence-electron chi connectivity index (χ3n) is 3.56. The van der Waals surface area contributed by atoms with Gasteiger partial charge in [-0.25, -0.2) is 4.79 Å². The number of alkyl halides is 3. The Labute approximate surface area is 151 Å². The number of imide groups is 1. The van der Waals surface area contributed by atoms with Gasteiger partial charge in [-0.2, -0.15) is 13.2 Å². The lowest BCUT2D eigenvalue weighted by Gasteiger charge is -2.11. The highest BCUT2D eigenvalue weighted by molar-refractivity contribution is 6.01. The third kappa shape index (κ3) is 5.97. The topological polar surface area (TPSA) is 105 Å². The van der Waals surface area contributed by atoms with Crippen molar-refractivity contribution in [3.8, 4) is 0 Å². The van der Waals surface area contributed by atoms with Gasteiger partial charge in [0.15, 0.2) is 6.61 Å². The number of hydrogen-bond acceptors (Lipinski definition) is 5. The van der Waals surface area contributed by atoms with Gasteiger partial charge in [0.1, 0.15) is 0 Å². The molecule has 4 amide bonds. The van der Waals surface area contributed by atoms with Crippen molar-refractivity contribution >= 4 is 29.5 Å². The minimum Gasteiger partial charge on any atom is -0.456 e. The van der Waals surface area contributed by atoms with Crippen molar-refractivity contribution in [2.45, 2.75) is 19.0 Å². The molecule has 0 atom stereocenters. The summed E-state index contributed by atoms with van der Waals surface area (Å²) in [6.07, 6.45) is -4.40. The average molecular weight is 387 g/mol. The minimum atomic E-state index is -4.47. The SMILES string of the molecule is O=C(COC(=O)CCCN1C(=O)CNC1=O)Nc1ccc(C(F)(F)F)cc1. The molecule has 1 aromatic rings. The van der Waals surface area contributed by atoms with Crippen molar-refractivity contribution in [3.63, 3.8) is 0 Å². The van der Waals surface area contributed by atoms with Gasteiger partial charge in [-0.3, -0.25) is 19.3 Å². The second-order valence-electron chi connectivity index (χ2n) is 5.59. The highest BCUT2D eigenvalue weighted by Gasteiger charge is 2.30. The summed E-state index contributed by atoms with van der Waals surface area (Å²) in [5, 5.41) is 4.64. The van der Waals surface area contributed by atoms with Crippen LogP contribution in [0.1, 0.15) is 18.4 Å². The summed E-state index contributed by atoms with van der Waals surface area (Å²) < 4.78 is 42.1. The van der Waals surface area contributed by atoms with Gasteiger partial charge >= 0.3 is 18.2 Å². The predicted octanol–water partition coefficient (Wildman–Crippen LogP) is 1.52. The molecule has 146 valence electrons. The number of halogens is 3. The number of esters is 1. The van der Waals surface area contributed by atoms with Crippen LogP contribution in [0, 0.1) is 0 Å². The van der Waals surface area contributed by atoms with Gasteiger partial charge < -0.3 is 15.4 Å². The summed E-state index contributed by atoms with van der Waals surface area (Å²) in [5.41, 5.74) is -0.723. The van der Waals surface area contributed by atoms with Gasteiger partial charge in [0.2, 0.25) is 5.91 Å². The van der Waals surface area contributed by atoms with E-state index in [2.05, 4.69) is 10.6 Å². The minimum absolute atomic E-state index is 0.0531. The predicted molar refractivity (Wildman–Crippen MR) is 85.4 cm³/mol. The first-order chi connectivity index (χ1) is 12.7. The van der Waals surface area contributed by atoms with E-state index in [4.69, 9.17) is 4.74 Å². The highest BCUT2D eigenvalue weighted by Crippen LogP contribution is 2.29. The number of carbonyl (C=O) groups is 4. The van der Waals surface area contributed by atoms with E-state index in [0.717, 1.165) is 29.2 Å². The summed E-state index contributed by atoms with van der Waals surface area (Å²) in [6, 6.07) is 3.28. The quantitative estimate of drug-likeness (QED) is 0.545. The molecule has 11 heteroatoms. The smallest absolute Gasteiger partial charge is 0.416 e. The molecule has 1 aliphatic rings. The van der Waals surface area contributed by atoms with Crippen molar-refractivity contribution in [2.75, 3.05) is 25.0 Å². The maximum Gasteiger partial charge on any atom is 0.416 e. The third-order valence-corrected chi connectivity index (χ3v) is 3.56. The largest absolute Gasteiger partial charge is 0.456 e. The molecule has 1 aromatic carbocycles. The van der Waals surface area contributed by atoms with Crippen LogP contribution in [0.2, 0.25) is 0 Å². The number of rotatable bonds is 7. The molecule has 8 nitrogen and oxygen atoms in total. The molecular weight excluding hydrogens is 371 g/mol. The van der Waals surface area contributed by atoms with E-state index < -0.39 is 36.3 Å². The summed E-state index contributed by atoms with van der Waals surface area (Å²) in [4.78, 5) is 46.8. The summed E-state index contributed by atoms with van der Waals surface area (Å²) in [6.45, 7) is -0.631. The fourth-order valence-corrected chi connectivity index (χ4v) is 2.22. The highest BCUT2D eigenvalue weighted by atomic mass is 19.4. The molecule has 1 aliphatic heterocycles. The van der Waals surface area contributed by atoms with Crippen LogP contribution >= 0.6 is 0 Å². The Bertz CT molecular complexity index is 718. The van der Waals surface area contributed by atoms with E-state index in [1.165, 1.54) is 0 Å². The zero-order valence-corrected chi connectivity index (χ0v) is 14.0. The van der Waals surface area contributed by atoms with Crippen LogP contribution in [0.25, 0.3) is 0 Å². The molecule has 1 fully saturated rings. The summed E-state index contributed by atoms with van der Waals surface area (Å²) in [5.74, 6) is -1.80. The second kappa shape index (κ2) is 8.52. The maximum absolute atomic E-state index is 12.4. The number of amides is 4. The van der Waals surface area contributed by atoms with E-state index in [1.807, 2.05) is 0 Å². The Kier molecular flexibility index (Phi) is 6.37. The number of carbonyl (C=O) groups excluding carboxylic acids is 4. The molecule has 0 aromatic heterocycles. The van der Waals surface area contributed by atoms with Crippen molar-refractivity contribution in [1.82, 2.24) is 10.2 Å². The second-order valence-corrected chi connectivity index (χ2v) is 5.59.